The lowest BCUT2D eigenvalue weighted by Gasteiger charge is -2.22. The van der Waals surface area contributed by atoms with Crippen LogP contribution in [0.4, 0.5) is 0 Å². The summed E-state index contributed by atoms with van der Waals surface area (Å²) in [4.78, 5) is 23.7. The molecule has 0 unspecified atom stereocenters. The van der Waals surface area contributed by atoms with Crippen LogP contribution in [0.25, 0.3) is 0 Å². The highest BCUT2D eigenvalue weighted by Gasteiger charge is 2.26. The van der Waals surface area contributed by atoms with Gasteiger partial charge in [-0.1, -0.05) is 44.2 Å². The molecule has 5 nitrogen and oxygen atoms in total. The maximum Gasteiger partial charge on any atom is 0.328 e. The predicted molar refractivity (Wildman–Crippen MR) is 81.5 cm³/mol. The van der Waals surface area contributed by atoms with E-state index >= 15 is 0 Å². The molecule has 0 saturated carbocycles. The van der Waals surface area contributed by atoms with Crippen molar-refractivity contribution in [2.75, 3.05) is 7.11 Å². The molecule has 2 atom stereocenters. The third kappa shape index (κ3) is 5.55. The maximum atomic E-state index is 12.1. The molecule has 1 aromatic carbocycles. The molecule has 0 spiro atoms. The van der Waals surface area contributed by atoms with Crippen molar-refractivity contribution < 1.29 is 14.3 Å². The minimum absolute atomic E-state index is 0.0530. The van der Waals surface area contributed by atoms with E-state index in [1.165, 1.54) is 7.11 Å². The van der Waals surface area contributed by atoms with Crippen molar-refractivity contribution in [3.8, 4) is 0 Å². The van der Waals surface area contributed by atoms with Crippen LogP contribution in [0.5, 0.6) is 0 Å². The molecule has 1 aromatic rings. The average molecular weight is 292 g/mol. The second kappa shape index (κ2) is 8.42. The molecule has 0 saturated heterocycles. The van der Waals surface area contributed by atoms with Gasteiger partial charge in [0.2, 0.25) is 5.91 Å². The van der Waals surface area contributed by atoms with Crippen LogP contribution in [0, 0.1) is 5.92 Å². The summed E-state index contributed by atoms with van der Waals surface area (Å²) in [6, 6.07) is 8.53. The van der Waals surface area contributed by atoms with Gasteiger partial charge < -0.3 is 15.8 Å². The first-order valence-corrected chi connectivity index (χ1v) is 7.13. The van der Waals surface area contributed by atoms with Gasteiger partial charge in [-0.25, -0.2) is 4.79 Å². The number of carbonyl (C=O) groups is 2. The number of carbonyl (C=O) groups excluding carboxylic acids is 2. The van der Waals surface area contributed by atoms with Gasteiger partial charge in [-0.15, -0.1) is 0 Å². The van der Waals surface area contributed by atoms with E-state index < -0.39 is 18.1 Å². The third-order valence-electron chi connectivity index (χ3n) is 3.34. The van der Waals surface area contributed by atoms with Gasteiger partial charge in [0, 0.05) is 0 Å². The van der Waals surface area contributed by atoms with E-state index in [1.54, 1.807) is 0 Å². The van der Waals surface area contributed by atoms with Crippen molar-refractivity contribution in [2.24, 2.45) is 11.7 Å². The molecule has 0 bridgehead atoms. The maximum absolute atomic E-state index is 12.1. The van der Waals surface area contributed by atoms with Gasteiger partial charge in [-0.05, 0) is 24.3 Å². The lowest BCUT2D eigenvalue weighted by atomic mass is 10.0. The number of nitrogens with two attached hydrogens (primary N) is 1. The molecular formula is C16H24N2O3. The quantitative estimate of drug-likeness (QED) is 0.741. The van der Waals surface area contributed by atoms with Crippen molar-refractivity contribution >= 4 is 11.9 Å². The molecule has 0 fully saturated rings. The zero-order valence-electron chi connectivity index (χ0n) is 12.8. The Balaban J connectivity index is 2.51. The first-order valence-electron chi connectivity index (χ1n) is 7.13. The number of amides is 1. The first-order chi connectivity index (χ1) is 9.95. The van der Waals surface area contributed by atoms with Crippen molar-refractivity contribution in [3.05, 3.63) is 35.9 Å². The van der Waals surface area contributed by atoms with Gasteiger partial charge in [0.1, 0.15) is 6.04 Å². The van der Waals surface area contributed by atoms with E-state index in [2.05, 4.69) is 10.1 Å². The molecule has 3 N–H and O–H groups in total. The standard InChI is InChI=1S/C16H24N2O3/c1-11(2)14(16(20)21-3)18-15(19)13(17)10-9-12-7-5-4-6-8-12/h4-8,11,13-14H,9-10,17H2,1-3H3,(H,18,19)/t13-,14-/m0/s1. The summed E-state index contributed by atoms with van der Waals surface area (Å²) in [6.07, 6.45) is 1.25. The Morgan fingerprint density at radius 1 is 1.24 bits per heavy atom. The zero-order valence-corrected chi connectivity index (χ0v) is 12.8. The molecule has 116 valence electrons. The molecule has 0 aliphatic rings. The molecule has 0 heterocycles. The van der Waals surface area contributed by atoms with Crippen LogP contribution in [-0.2, 0) is 20.7 Å². The van der Waals surface area contributed by atoms with E-state index in [1.807, 2.05) is 44.2 Å². The van der Waals surface area contributed by atoms with Gasteiger partial charge >= 0.3 is 5.97 Å². The number of benzene rings is 1. The lowest BCUT2D eigenvalue weighted by molar-refractivity contribution is -0.146. The van der Waals surface area contributed by atoms with Crippen LogP contribution in [0.1, 0.15) is 25.8 Å². The Morgan fingerprint density at radius 3 is 2.38 bits per heavy atom. The number of esters is 1. The van der Waals surface area contributed by atoms with Gasteiger partial charge in [0.05, 0.1) is 13.2 Å². The monoisotopic (exact) mass is 292 g/mol. The van der Waals surface area contributed by atoms with Crippen LogP contribution < -0.4 is 11.1 Å². The van der Waals surface area contributed by atoms with Crippen LogP contribution >= 0.6 is 0 Å². The Kier molecular flexibility index (Phi) is 6.88. The van der Waals surface area contributed by atoms with Gasteiger partial charge in [-0.2, -0.15) is 0 Å². The normalized spacial score (nSPS) is 13.6. The zero-order chi connectivity index (χ0) is 15.8. The highest BCUT2D eigenvalue weighted by molar-refractivity contribution is 5.87. The van der Waals surface area contributed by atoms with Gasteiger partial charge in [-0.3, -0.25) is 4.79 Å². The van der Waals surface area contributed by atoms with Gasteiger partial charge in [0.15, 0.2) is 0 Å². The van der Waals surface area contributed by atoms with Crippen molar-refractivity contribution in [3.63, 3.8) is 0 Å². The molecule has 0 radical (unpaired) electrons. The number of aryl methyl sites for hydroxylation is 1. The second-order valence-corrected chi connectivity index (χ2v) is 5.38. The Bertz CT molecular complexity index is 460. The van der Waals surface area contributed by atoms with E-state index in [0.717, 1.165) is 12.0 Å². The Hall–Kier alpha value is -1.88. The second-order valence-electron chi connectivity index (χ2n) is 5.38. The van der Waals surface area contributed by atoms with E-state index in [-0.39, 0.29) is 11.8 Å². The summed E-state index contributed by atoms with van der Waals surface area (Å²) in [6.45, 7) is 3.69. The molecule has 21 heavy (non-hydrogen) atoms. The lowest BCUT2D eigenvalue weighted by Crippen LogP contribution is -2.51. The largest absolute Gasteiger partial charge is 0.467 e. The molecule has 0 aliphatic carbocycles. The number of hydrogen-bond donors (Lipinski definition) is 2. The summed E-state index contributed by atoms with van der Waals surface area (Å²) in [5.41, 5.74) is 7.02. The van der Waals surface area contributed by atoms with Crippen LogP contribution in [0.15, 0.2) is 30.3 Å². The topological polar surface area (TPSA) is 81.4 Å². The van der Waals surface area contributed by atoms with Crippen molar-refractivity contribution in [1.82, 2.24) is 5.32 Å². The minimum atomic E-state index is -0.662. The molecule has 5 heteroatoms. The van der Waals surface area contributed by atoms with Crippen LogP contribution in [0.2, 0.25) is 0 Å². The summed E-state index contributed by atoms with van der Waals surface area (Å²) in [7, 11) is 1.30. The fraction of sp³-hybridized carbons (Fsp3) is 0.500. The minimum Gasteiger partial charge on any atom is -0.467 e. The summed E-state index contributed by atoms with van der Waals surface area (Å²) in [5.74, 6) is -0.827. The van der Waals surface area contributed by atoms with E-state index in [0.29, 0.717) is 6.42 Å². The van der Waals surface area contributed by atoms with E-state index in [9.17, 15) is 9.59 Å². The molecular weight excluding hydrogens is 268 g/mol. The number of ether oxygens (including phenoxy) is 1. The highest BCUT2D eigenvalue weighted by atomic mass is 16.5. The predicted octanol–water partition coefficient (Wildman–Crippen LogP) is 1.26. The summed E-state index contributed by atoms with van der Waals surface area (Å²) in [5, 5.41) is 2.66. The fourth-order valence-electron chi connectivity index (χ4n) is 1.98. The molecule has 0 aromatic heterocycles. The first kappa shape index (κ1) is 17.2. The van der Waals surface area contributed by atoms with Crippen LogP contribution in [-0.4, -0.2) is 31.1 Å². The molecule has 1 amide bonds. The fourth-order valence-corrected chi connectivity index (χ4v) is 1.98. The number of methoxy groups -OCH3 is 1. The highest BCUT2D eigenvalue weighted by Crippen LogP contribution is 2.07. The van der Waals surface area contributed by atoms with E-state index in [4.69, 9.17) is 5.73 Å². The number of rotatable bonds is 7. The average Bonchev–Trinajstić information content (AvgIpc) is 2.49. The molecule has 1 rings (SSSR count). The number of nitrogens with one attached hydrogen (secondary N) is 1. The SMILES string of the molecule is COC(=O)[C@@H](NC(=O)[C@@H](N)CCc1ccccc1)C(C)C. The summed E-state index contributed by atoms with van der Waals surface area (Å²) < 4.78 is 4.69. The Morgan fingerprint density at radius 2 is 1.86 bits per heavy atom. The van der Waals surface area contributed by atoms with Gasteiger partial charge in [0.25, 0.3) is 0 Å². The third-order valence-corrected chi connectivity index (χ3v) is 3.34. The Labute approximate surface area is 125 Å². The smallest absolute Gasteiger partial charge is 0.328 e. The van der Waals surface area contributed by atoms with Crippen molar-refractivity contribution in [2.45, 2.75) is 38.8 Å². The molecule has 0 aliphatic heterocycles. The van der Waals surface area contributed by atoms with Crippen LogP contribution in [0.3, 0.4) is 0 Å². The van der Waals surface area contributed by atoms with Crippen molar-refractivity contribution in [1.29, 1.82) is 0 Å². The summed E-state index contributed by atoms with van der Waals surface area (Å²) >= 11 is 0. The number of hydrogen-bond acceptors (Lipinski definition) is 4.